The van der Waals surface area contributed by atoms with E-state index in [2.05, 4.69) is 23.0 Å². The molecule has 5 rings (SSSR count). The van der Waals surface area contributed by atoms with Crippen LogP contribution in [0, 0.1) is 22.7 Å². The molecule has 8 nitrogen and oxygen atoms in total. The smallest absolute Gasteiger partial charge is 0.262 e. The molecule has 2 aliphatic carbocycles. The molecule has 1 aromatic rings. The maximum atomic E-state index is 14.2. The number of nitrogens with zero attached hydrogens (tertiary/aromatic N) is 5. The molecule has 4 atom stereocenters. The van der Waals surface area contributed by atoms with Gasteiger partial charge < -0.3 is 10.5 Å². The predicted octanol–water partition coefficient (Wildman–Crippen LogP) is 2.16. The first-order chi connectivity index (χ1) is 15.4. The number of ether oxygens (including phenoxy) is 1. The highest BCUT2D eigenvalue weighted by Gasteiger charge is 2.67. The average Bonchev–Trinajstić information content (AvgIpc) is 3.20. The maximum absolute atomic E-state index is 14.2. The number of benzene rings is 1. The zero-order valence-corrected chi connectivity index (χ0v) is 18.5. The van der Waals surface area contributed by atoms with E-state index < -0.39 is 5.54 Å². The Morgan fingerprint density at radius 1 is 1.41 bits per heavy atom. The summed E-state index contributed by atoms with van der Waals surface area (Å²) in [7, 11) is 1.75. The van der Waals surface area contributed by atoms with Crippen LogP contribution in [-0.4, -0.2) is 55.1 Å². The van der Waals surface area contributed by atoms with Crippen molar-refractivity contribution < 1.29 is 9.53 Å². The number of guanidine groups is 1. The van der Waals surface area contributed by atoms with E-state index in [1.54, 1.807) is 12.0 Å². The van der Waals surface area contributed by atoms with Gasteiger partial charge in [0, 0.05) is 30.9 Å². The molecule has 0 saturated heterocycles. The van der Waals surface area contributed by atoms with Crippen LogP contribution in [0.3, 0.4) is 0 Å². The maximum Gasteiger partial charge on any atom is 0.262 e. The monoisotopic (exact) mass is 432 g/mol. The van der Waals surface area contributed by atoms with Crippen molar-refractivity contribution in [3.8, 4) is 6.07 Å². The summed E-state index contributed by atoms with van der Waals surface area (Å²) in [6.45, 7) is 2.89. The molecule has 4 unspecified atom stereocenters. The summed E-state index contributed by atoms with van der Waals surface area (Å²) in [5, 5.41) is 9.55. The second kappa shape index (κ2) is 7.52. The van der Waals surface area contributed by atoms with Crippen molar-refractivity contribution in [2.75, 3.05) is 20.3 Å². The summed E-state index contributed by atoms with van der Waals surface area (Å²) in [4.78, 5) is 29.4. The molecule has 2 spiro atoms. The Balaban J connectivity index is 1.61. The summed E-state index contributed by atoms with van der Waals surface area (Å²) in [5.41, 5.74) is 8.26. The molecule has 4 aliphatic rings. The Bertz CT molecular complexity index is 1100. The molecule has 2 aliphatic heterocycles. The van der Waals surface area contributed by atoms with Crippen LogP contribution in [0.15, 0.2) is 33.2 Å². The minimum atomic E-state index is -1.10. The van der Waals surface area contributed by atoms with Gasteiger partial charge >= 0.3 is 0 Å². The Morgan fingerprint density at radius 3 is 2.94 bits per heavy atom. The fourth-order valence-electron chi connectivity index (χ4n) is 6.29. The lowest BCUT2D eigenvalue weighted by atomic mass is 9.59. The Labute approximate surface area is 187 Å². The number of hydrogen-bond acceptors (Lipinski definition) is 7. The van der Waals surface area contributed by atoms with Crippen molar-refractivity contribution in [1.82, 2.24) is 4.90 Å². The number of aliphatic imine (C=N–C) groups is 3. The number of rotatable bonds is 3. The van der Waals surface area contributed by atoms with Crippen molar-refractivity contribution in [3.05, 3.63) is 34.9 Å². The van der Waals surface area contributed by atoms with Crippen molar-refractivity contribution in [2.45, 2.75) is 50.7 Å². The lowest BCUT2D eigenvalue weighted by molar-refractivity contribution is -0.139. The highest BCUT2D eigenvalue weighted by Crippen LogP contribution is 2.62. The third-order valence-corrected chi connectivity index (χ3v) is 7.77. The second-order valence-corrected chi connectivity index (χ2v) is 9.44. The van der Waals surface area contributed by atoms with Crippen LogP contribution in [0.2, 0.25) is 0 Å². The van der Waals surface area contributed by atoms with Crippen molar-refractivity contribution >= 4 is 23.8 Å². The molecule has 1 amide bonds. The Kier molecular flexibility index (Phi) is 4.90. The summed E-state index contributed by atoms with van der Waals surface area (Å²) in [6, 6.07) is 7.89. The SMILES string of the molecule is COC1CCC2(Cc3ccc(C#N)cc3C23N=C(N)N(CC2=NCN=CC2)C3=O)CC1C. The molecule has 2 heterocycles. The first kappa shape index (κ1) is 20.8. The number of carbonyl (C=O) groups excluding carboxylic acids is 1. The van der Waals surface area contributed by atoms with Gasteiger partial charge in [0.25, 0.3) is 5.91 Å². The number of nitriles is 1. The van der Waals surface area contributed by atoms with Gasteiger partial charge in [0.15, 0.2) is 11.5 Å². The number of carbonyl (C=O) groups is 1. The van der Waals surface area contributed by atoms with Gasteiger partial charge in [-0.05, 0) is 54.9 Å². The number of nitrogens with two attached hydrogens (primary N) is 1. The third kappa shape index (κ3) is 2.84. The molecule has 0 radical (unpaired) electrons. The van der Waals surface area contributed by atoms with Gasteiger partial charge in [-0.2, -0.15) is 5.26 Å². The van der Waals surface area contributed by atoms with Crippen molar-refractivity contribution in [2.24, 2.45) is 32.0 Å². The molecule has 166 valence electrons. The molecular formula is C24H28N6O2. The van der Waals surface area contributed by atoms with Crippen LogP contribution in [0.25, 0.3) is 0 Å². The van der Waals surface area contributed by atoms with E-state index in [4.69, 9.17) is 15.5 Å². The molecule has 0 aromatic heterocycles. The van der Waals surface area contributed by atoms with E-state index >= 15 is 0 Å². The van der Waals surface area contributed by atoms with Gasteiger partial charge in [-0.3, -0.25) is 19.7 Å². The van der Waals surface area contributed by atoms with E-state index in [9.17, 15) is 10.1 Å². The quantitative estimate of drug-likeness (QED) is 0.788. The van der Waals surface area contributed by atoms with E-state index in [1.807, 2.05) is 24.4 Å². The molecule has 1 aromatic carbocycles. The molecule has 1 fully saturated rings. The van der Waals surface area contributed by atoms with Crippen LogP contribution in [0.4, 0.5) is 0 Å². The van der Waals surface area contributed by atoms with Gasteiger partial charge in [-0.25, -0.2) is 4.99 Å². The van der Waals surface area contributed by atoms with Crippen molar-refractivity contribution in [1.29, 1.82) is 5.26 Å². The fourth-order valence-corrected chi connectivity index (χ4v) is 6.29. The van der Waals surface area contributed by atoms with Gasteiger partial charge in [0.05, 0.1) is 24.3 Å². The van der Waals surface area contributed by atoms with E-state index in [0.29, 0.717) is 25.2 Å². The highest BCUT2D eigenvalue weighted by atomic mass is 16.5. The Morgan fingerprint density at radius 2 is 2.25 bits per heavy atom. The number of amides is 1. The van der Waals surface area contributed by atoms with Gasteiger partial charge in [-0.1, -0.05) is 13.0 Å². The summed E-state index contributed by atoms with van der Waals surface area (Å²) >= 11 is 0. The molecule has 8 heteroatoms. The third-order valence-electron chi connectivity index (χ3n) is 7.77. The molecule has 0 bridgehead atoms. The van der Waals surface area contributed by atoms with E-state index in [-0.39, 0.29) is 29.3 Å². The van der Waals surface area contributed by atoms with Crippen LogP contribution in [-0.2, 0) is 21.5 Å². The minimum Gasteiger partial charge on any atom is -0.381 e. The number of hydrogen-bond donors (Lipinski definition) is 1. The number of methoxy groups -OCH3 is 1. The molecular weight excluding hydrogens is 404 g/mol. The summed E-state index contributed by atoms with van der Waals surface area (Å²) in [5.74, 6) is 0.418. The lowest BCUT2D eigenvalue weighted by Crippen LogP contribution is -2.54. The lowest BCUT2D eigenvalue weighted by Gasteiger charge is -2.47. The molecule has 2 N–H and O–H groups in total. The molecule has 32 heavy (non-hydrogen) atoms. The predicted molar refractivity (Wildman–Crippen MR) is 122 cm³/mol. The Hall–Kier alpha value is -3.05. The first-order valence-corrected chi connectivity index (χ1v) is 11.2. The minimum absolute atomic E-state index is 0.0999. The second-order valence-electron chi connectivity index (χ2n) is 9.44. The first-order valence-electron chi connectivity index (χ1n) is 11.2. The summed E-state index contributed by atoms with van der Waals surface area (Å²) in [6.07, 6.45) is 5.84. The topological polar surface area (TPSA) is 116 Å². The van der Waals surface area contributed by atoms with Gasteiger partial charge in [0.1, 0.15) is 6.67 Å². The zero-order valence-electron chi connectivity index (χ0n) is 18.5. The standard InChI is InChI=1S/C24H28N6O2/c1-15-10-23(7-5-20(15)32-2)11-17-4-3-16(12-25)9-19(17)24(23)21(31)30(22(26)29-24)13-18-6-8-27-14-28-18/h3-4,8-9,15,20H,5-7,10-11,13-14H2,1-2H3,(H2,26,29). The van der Waals surface area contributed by atoms with E-state index in [1.165, 1.54) is 0 Å². The largest absolute Gasteiger partial charge is 0.381 e. The summed E-state index contributed by atoms with van der Waals surface area (Å²) < 4.78 is 5.71. The number of fused-ring (bicyclic) bond motifs is 3. The normalized spacial score (nSPS) is 33.4. The van der Waals surface area contributed by atoms with Gasteiger partial charge in [0.2, 0.25) is 0 Å². The van der Waals surface area contributed by atoms with Crippen LogP contribution in [0.5, 0.6) is 0 Å². The molecule has 1 saturated carbocycles. The zero-order chi connectivity index (χ0) is 22.5. The van der Waals surface area contributed by atoms with Crippen LogP contribution >= 0.6 is 0 Å². The fraction of sp³-hybridized carbons (Fsp3) is 0.542. The van der Waals surface area contributed by atoms with Crippen LogP contribution < -0.4 is 5.73 Å². The average molecular weight is 433 g/mol. The highest BCUT2D eigenvalue weighted by molar-refractivity contribution is 6.12. The van der Waals surface area contributed by atoms with Crippen LogP contribution in [0.1, 0.15) is 49.3 Å². The van der Waals surface area contributed by atoms with Crippen molar-refractivity contribution in [3.63, 3.8) is 0 Å². The van der Waals surface area contributed by atoms with Gasteiger partial charge in [-0.15, -0.1) is 0 Å². The van der Waals surface area contributed by atoms with E-state index in [0.717, 1.165) is 42.5 Å².